The lowest BCUT2D eigenvalue weighted by Crippen LogP contribution is -2.31. The number of ether oxygens (including phenoxy) is 2. The molecule has 0 aromatic heterocycles. The average Bonchev–Trinajstić information content (AvgIpc) is 2.37. The number of hydrogen-bond donors (Lipinski definition) is 2. The van der Waals surface area contributed by atoms with Gasteiger partial charge in [0.2, 0.25) is 6.17 Å². The van der Waals surface area contributed by atoms with Gasteiger partial charge >= 0.3 is 5.97 Å². The van der Waals surface area contributed by atoms with Crippen molar-refractivity contribution in [3.63, 3.8) is 0 Å². The molecule has 1 unspecified atom stereocenters. The maximum Gasteiger partial charge on any atom is 0.342 e. The van der Waals surface area contributed by atoms with Crippen LogP contribution in [-0.4, -0.2) is 31.0 Å². The number of benzene rings is 1. The lowest BCUT2D eigenvalue weighted by molar-refractivity contribution is -0.149. The van der Waals surface area contributed by atoms with E-state index in [-0.39, 0.29) is 23.7 Å². The number of hydrogen-bond acceptors (Lipinski definition) is 5. The highest BCUT2D eigenvalue weighted by atomic mass is 19.1. The van der Waals surface area contributed by atoms with Crippen molar-refractivity contribution < 1.29 is 23.8 Å². The standard InChI is InChI=1S/C12H16FNO4/c1-3-18-12(16)10(13)11(14)7-4-5-9(17-2)8(15)6-7/h4-6,10-11,15H,3,14H2,1-2H3/t10?,11-/m0/s1. The summed E-state index contributed by atoms with van der Waals surface area (Å²) in [6.45, 7) is 1.66. The summed E-state index contributed by atoms with van der Waals surface area (Å²) in [4.78, 5) is 11.2. The minimum absolute atomic E-state index is 0.0832. The largest absolute Gasteiger partial charge is 0.504 e. The van der Waals surface area contributed by atoms with Crippen molar-refractivity contribution in [2.45, 2.75) is 19.1 Å². The lowest BCUT2D eigenvalue weighted by atomic mass is 10.0. The van der Waals surface area contributed by atoms with E-state index in [1.807, 2.05) is 0 Å². The van der Waals surface area contributed by atoms with Crippen LogP contribution in [0.15, 0.2) is 18.2 Å². The Morgan fingerprint density at radius 2 is 2.22 bits per heavy atom. The molecule has 0 spiro atoms. The van der Waals surface area contributed by atoms with E-state index in [0.29, 0.717) is 0 Å². The van der Waals surface area contributed by atoms with Crippen molar-refractivity contribution in [2.24, 2.45) is 5.73 Å². The molecule has 0 radical (unpaired) electrons. The summed E-state index contributed by atoms with van der Waals surface area (Å²) in [5.41, 5.74) is 5.89. The minimum atomic E-state index is -1.97. The van der Waals surface area contributed by atoms with Crippen LogP contribution >= 0.6 is 0 Å². The molecule has 3 N–H and O–H groups in total. The fourth-order valence-corrected chi connectivity index (χ4v) is 1.45. The van der Waals surface area contributed by atoms with Crippen LogP contribution in [0.1, 0.15) is 18.5 Å². The van der Waals surface area contributed by atoms with Gasteiger partial charge in [-0.25, -0.2) is 9.18 Å². The van der Waals surface area contributed by atoms with E-state index >= 15 is 0 Å². The maximum absolute atomic E-state index is 13.7. The van der Waals surface area contributed by atoms with Crippen molar-refractivity contribution in [3.8, 4) is 11.5 Å². The molecule has 100 valence electrons. The first-order valence-corrected chi connectivity index (χ1v) is 5.44. The van der Waals surface area contributed by atoms with Gasteiger partial charge in [0.15, 0.2) is 11.5 Å². The zero-order valence-electron chi connectivity index (χ0n) is 10.2. The molecule has 0 saturated carbocycles. The Balaban J connectivity index is 2.86. The number of alkyl halides is 1. The van der Waals surface area contributed by atoms with Crippen molar-refractivity contribution in [1.29, 1.82) is 0 Å². The Morgan fingerprint density at radius 1 is 1.56 bits per heavy atom. The third kappa shape index (κ3) is 3.10. The monoisotopic (exact) mass is 257 g/mol. The molecule has 0 saturated heterocycles. The van der Waals surface area contributed by atoms with Crippen LogP contribution in [0.4, 0.5) is 4.39 Å². The first-order chi connectivity index (χ1) is 8.51. The summed E-state index contributed by atoms with van der Waals surface area (Å²) in [5, 5.41) is 9.54. The maximum atomic E-state index is 13.7. The van der Waals surface area contributed by atoms with E-state index in [0.717, 1.165) is 0 Å². The molecule has 0 aliphatic heterocycles. The Labute approximate surface area is 104 Å². The normalized spacial score (nSPS) is 13.8. The number of rotatable bonds is 5. The van der Waals surface area contributed by atoms with Crippen LogP contribution in [0, 0.1) is 0 Å². The highest BCUT2D eigenvalue weighted by Crippen LogP contribution is 2.29. The first kappa shape index (κ1) is 14.2. The van der Waals surface area contributed by atoms with E-state index in [1.165, 1.54) is 25.3 Å². The van der Waals surface area contributed by atoms with Gasteiger partial charge in [0.1, 0.15) is 0 Å². The summed E-state index contributed by atoms with van der Waals surface area (Å²) in [6, 6.07) is 2.99. The SMILES string of the molecule is CCOC(=O)C(F)[C@@H](N)c1ccc(OC)c(O)c1. The second-order valence-corrected chi connectivity index (χ2v) is 3.61. The molecule has 0 fully saturated rings. The van der Waals surface area contributed by atoms with Crippen LogP contribution in [0.5, 0.6) is 11.5 Å². The van der Waals surface area contributed by atoms with E-state index in [1.54, 1.807) is 6.92 Å². The summed E-state index contributed by atoms with van der Waals surface area (Å²) in [5.74, 6) is -0.931. The van der Waals surface area contributed by atoms with Crippen LogP contribution in [0.2, 0.25) is 0 Å². The Kier molecular flexibility index (Phi) is 4.91. The Bertz CT molecular complexity index is 425. The van der Waals surface area contributed by atoms with E-state index in [4.69, 9.17) is 10.5 Å². The molecule has 0 bridgehead atoms. The van der Waals surface area contributed by atoms with Gasteiger partial charge < -0.3 is 20.3 Å². The molecule has 2 atom stereocenters. The summed E-state index contributed by atoms with van der Waals surface area (Å²) in [7, 11) is 1.39. The predicted octanol–water partition coefficient (Wildman–Crippen LogP) is 1.30. The van der Waals surface area contributed by atoms with Crippen molar-refractivity contribution in [3.05, 3.63) is 23.8 Å². The number of nitrogens with two attached hydrogens (primary N) is 1. The molecule has 1 aromatic carbocycles. The van der Waals surface area contributed by atoms with E-state index in [9.17, 15) is 14.3 Å². The molecule has 1 rings (SSSR count). The van der Waals surface area contributed by atoms with Crippen molar-refractivity contribution >= 4 is 5.97 Å². The average molecular weight is 257 g/mol. The predicted molar refractivity (Wildman–Crippen MR) is 63.1 cm³/mol. The van der Waals surface area contributed by atoms with Crippen molar-refractivity contribution in [1.82, 2.24) is 0 Å². The molecule has 0 amide bonds. The van der Waals surface area contributed by atoms with Gasteiger partial charge in [-0.15, -0.1) is 0 Å². The Hall–Kier alpha value is -1.82. The van der Waals surface area contributed by atoms with Gasteiger partial charge in [0, 0.05) is 0 Å². The number of phenols is 1. The van der Waals surface area contributed by atoms with Crippen LogP contribution in [0.3, 0.4) is 0 Å². The number of phenolic OH excluding ortho intramolecular Hbond substituents is 1. The molecular weight excluding hydrogens is 241 g/mol. The van der Waals surface area contributed by atoms with E-state index < -0.39 is 18.2 Å². The minimum Gasteiger partial charge on any atom is -0.504 e. The number of esters is 1. The quantitative estimate of drug-likeness (QED) is 0.777. The number of carbonyl (C=O) groups is 1. The fraction of sp³-hybridized carbons (Fsp3) is 0.417. The Morgan fingerprint density at radius 3 is 2.72 bits per heavy atom. The lowest BCUT2D eigenvalue weighted by Gasteiger charge is -2.16. The van der Waals surface area contributed by atoms with Gasteiger partial charge in [-0.05, 0) is 24.6 Å². The van der Waals surface area contributed by atoms with Gasteiger partial charge in [0.05, 0.1) is 19.8 Å². The number of methoxy groups -OCH3 is 1. The van der Waals surface area contributed by atoms with E-state index in [2.05, 4.69) is 4.74 Å². The first-order valence-electron chi connectivity index (χ1n) is 5.44. The van der Waals surface area contributed by atoms with Crippen LogP contribution < -0.4 is 10.5 Å². The summed E-state index contributed by atoms with van der Waals surface area (Å²) >= 11 is 0. The highest BCUT2D eigenvalue weighted by molar-refractivity contribution is 5.75. The number of carbonyl (C=O) groups excluding carboxylic acids is 1. The molecular formula is C12H16FNO4. The summed E-state index contributed by atoms with van der Waals surface area (Å²) in [6.07, 6.45) is -1.97. The van der Waals surface area contributed by atoms with Crippen LogP contribution in [-0.2, 0) is 9.53 Å². The molecule has 5 nitrogen and oxygen atoms in total. The summed E-state index contributed by atoms with van der Waals surface area (Å²) < 4.78 is 23.1. The highest BCUT2D eigenvalue weighted by Gasteiger charge is 2.28. The second kappa shape index (κ2) is 6.20. The molecule has 0 heterocycles. The fourth-order valence-electron chi connectivity index (χ4n) is 1.45. The third-order valence-corrected chi connectivity index (χ3v) is 2.41. The molecule has 0 aliphatic rings. The molecule has 0 aliphatic carbocycles. The third-order valence-electron chi connectivity index (χ3n) is 2.41. The topological polar surface area (TPSA) is 81.8 Å². The number of aromatic hydroxyl groups is 1. The van der Waals surface area contributed by atoms with Gasteiger partial charge in [0.25, 0.3) is 0 Å². The van der Waals surface area contributed by atoms with Crippen LogP contribution in [0.25, 0.3) is 0 Å². The van der Waals surface area contributed by atoms with Gasteiger partial charge in [-0.1, -0.05) is 6.07 Å². The van der Waals surface area contributed by atoms with Crippen molar-refractivity contribution in [2.75, 3.05) is 13.7 Å². The number of halogens is 1. The smallest absolute Gasteiger partial charge is 0.342 e. The van der Waals surface area contributed by atoms with Gasteiger partial charge in [-0.2, -0.15) is 0 Å². The van der Waals surface area contributed by atoms with Gasteiger partial charge in [-0.3, -0.25) is 0 Å². The zero-order valence-corrected chi connectivity index (χ0v) is 10.2. The molecule has 1 aromatic rings. The zero-order chi connectivity index (χ0) is 13.7. The second-order valence-electron chi connectivity index (χ2n) is 3.61. The molecule has 18 heavy (non-hydrogen) atoms. The molecule has 6 heteroatoms.